The molecule has 0 atom stereocenters. The van der Waals surface area contributed by atoms with E-state index in [0.717, 1.165) is 19.6 Å². The average molecular weight is 234 g/mol. The molecule has 1 N–H and O–H groups in total. The molecule has 1 aliphatic carbocycles. The molecule has 4 heteroatoms. The molecule has 3 rings (SSSR count). The van der Waals surface area contributed by atoms with E-state index in [4.69, 9.17) is 0 Å². The molecule has 0 radical (unpaired) electrons. The lowest BCUT2D eigenvalue weighted by Crippen LogP contribution is -2.58. The predicted octanol–water partition coefficient (Wildman–Crippen LogP) is 1.14. The van der Waals surface area contributed by atoms with Crippen molar-refractivity contribution >= 4 is 0 Å². The highest BCUT2D eigenvalue weighted by molar-refractivity contribution is 5.02. The smallest absolute Gasteiger partial charge is 0.0764 e. The molecule has 1 aromatic rings. The SMILES string of the molecule is Cn1ccc(CN2CCNC3(CCCC3)C2)n1. The van der Waals surface area contributed by atoms with E-state index in [-0.39, 0.29) is 0 Å². The van der Waals surface area contributed by atoms with Crippen LogP contribution in [0.5, 0.6) is 0 Å². The van der Waals surface area contributed by atoms with Crippen molar-refractivity contribution in [1.29, 1.82) is 0 Å². The molecule has 0 aromatic carbocycles. The maximum absolute atomic E-state index is 4.47. The van der Waals surface area contributed by atoms with Gasteiger partial charge in [-0.05, 0) is 18.9 Å². The quantitative estimate of drug-likeness (QED) is 0.833. The van der Waals surface area contributed by atoms with Gasteiger partial charge >= 0.3 is 0 Å². The first-order chi connectivity index (χ1) is 8.26. The van der Waals surface area contributed by atoms with Gasteiger partial charge in [-0.15, -0.1) is 0 Å². The standard InChI is InChI=1S/C13H22N4/c1-16-8-4-12(15-16)10-17-9-7-14-13(11-17)5-2-3-6-13/h4,8,14H,2-3,5-7,9-11H2,1H3. The zero-order chi connectivity index (χ0) is 11.7. The zero-order valence-corrected chi connectivity index (χ0v) is 10.7. The summed E-state index contributed by atoms with van der Waals surface area (Å²) >= 11 is 0. The van der Waals surface area contributed by atoms with Crippen LogP contribution in [0.25, 0.3) is 0 Å². The third-order valence-corrected chi connectivity index (χ3v) is 4.17. The Morgan fingerprint density at radius 2 is 2.24 bits per heavy atom. The molecule has 0 bridgehead atoms. The third-order valence-electron chi connectivity index (χ3n) is 4.17. The third kappa shape index (κ3) is 2.38. The van der Waals surface area contributed by atoms with Crippen molar-refractivity contribution < 1.29 is 0 Å². The molecule has 1 saturated carbocycles. The molecule has 1 aromatic heterocycles. The van der Waals surface area contributed by atoms with Crippen molar-refractivity contribution in [2.24, 2.45) is 7.05 Å². The predicted molar refractivity (Wildman–Crippen MR) is 67.7 cm³/mol. The number of nitrogens with zero attached hydrogens (tertiary/aromatic N) is 3. The second-order valence-electron chi connectivity index (χ2n) is 5.61. The van der Waals surface area contributed by atoms with Crippen molar-refractivity contribution in [1.82, 2.24) is 20.0 Å². The van der Waals surface area contributed by atoms with Crippen LogP contribution in [0.1, 0.15) is 31.4 Å². The van der Waals surface area contributed by atoms with Crippen LogP contribution in [0.15, 0.2) is 12.3 Å². The van der Waals surface area contributed by atoms with Crippen molar-refractivity contribution in [3.63, 3.8) is 0 Å². The minimum Gasteiger partial charge on any atom is -0.309 e. The van der Waals surface area contributed by atoms with E-state index in [1.807, 2.05) is 17.9 Å². The van der Waals surface area contributed by atoms with Gasteiger partial charge < -0.3 is 5.32 Å². The Labute approximate surface area is 103 Å². The summed E-state index contributed by atoms with van der Waals surface area (Å²) in [7, 11) is 1.99. The monoisotopic (exact) mass is 234 g/mol. The zero-order valence-electron chi connectivity index (χ0n) is 10.7. The van der Waals surface area contributed by atoms with Crippen molar-refractivity contribution in [2.75, 3.05) is 19.6 Å². The second kappa shape index (κ2) is 4.42. The van der Waals surface area contributed by atoms with Gasteiger partial charge in [0, 0.05) is 45.0 Å². The van der Waals surface area contributed by atoms with Gasteiger partial charge in [0.05, 0.1) is 5.69 Å². The molecule has 2 fully saturated rings. The Morgan fingerprint density at radius 1 is 1.41 bits per heavy atom. The van der Waals surface area contributed by atoms with Gasteiger partial charge in [-0.25, -0.2) is 0 Å². The fourth-order valence-electron chi connectivity index (χ4n) is 3.34. The minimum atomic E-state index is 0.424. The number of hydrogen-bond acceptors (Lipinski definition) is 3. The van der Waals surface area contributed by atoms with Crippen LogP contribution in [0.3, 0.4) is 0 Å². The van der Waals surface area contributed by atoms with E-state index in [1.54, 1.807) is 0 Å². The molecule has 94 valence electrons. The highest BCUT2D eigenvalue weighted by atomic mass is 15.3. The Kier molecular flexibility index (Phi) is 2.92. The van der Waals surface area contributed by atoms with E-state index in [9.17, 15) is 0 Å². The number of rotatable bonds is 2. The van der Waals surface area contributed by atoms with Crippen LogP contribution < -0.4 is 5.32 Å². The van der Waals surface area contributed by atoms with Crippen LogP contribution in [-0.4, -0.2) is 39.9 Å². The van der Waals surface area contributed by atoms with Crippen molar-refractivity contribution in [3.8, 4) is 0 Å². The molecule has 1 saturated heterocycles. The molecular weight excluding hydrogens is 212 g/mol. The highest BCUT2D eigenvalue weighted by Gasteiger charge is 2.37. The molecule has 2 heterocycles. The Morgan fingerprint density at radius 3 is 2.94 bits per heavy atom. The van der Waals surface area contributed by atoms with Gasteiger partial charge in [0.2, 0.25) is 0 Å². The number of aryl methyl sites for hydroxylation is 1. The van der Waals surface area contributed by atoms with Gasteiger partial charge in [0.25, 0.3) is 0 Å². The van der Waals surface area contributed by atoms with Crippen LogP contribution >= 0.6 is 0 Å². The fourth-order valence-corrected chi connectivity index (χ4v) is 3.34. The molecule has 17 heavy (non-hydrogen) atoms. The number of hydrogen-bond donors (Lipinski definition) is 1. The van der Waals surface area contributed by atoms with Gasteiger partial charge in [0.1, 0.15) is 0 Å². The number of aromatic nitrogens is 2. The van der Waals surface area contributed by atoms with Gasteiger partial charge in [-0.3, -0.25) is 9.58 Å². The molecule has 4 nitrogen and oxygen atoms in total. The van der Waals surface area contributed by atoms with Crippen molar-refractivity contribution in [2.45, 2.75) is 37.8 Å². The average Bonchev–Trinajstić information content (AvgIpc) is 2.89. The number of nitrogens with one attached hydrogen (secondary N) is 1. The lowest BCUT2D eigenvalue weighted by Gasteiger charge is -2.41. The van der Waals surface area contributed by atoms with Crippen LogP contribution in [0.2, 0.25) is 0 Å². The molecule has 1 spiro atoms. The maximum atomic E-state index is 4.47. The summed E-state index contributed by atoms with van der Waals surface area (Å²) in [6, 6.07) is 2.13. The Balaban J connectivity index is 1.64. The van der Waals surface area contributed by atoms with E-state index >= 15 is 0 Å². The molecular formula is C13H22N4. The minimum absolute atomic E-state index is 0.424. The van der Waals surface area contributed by atoms with Crippen LogP contribution in [0, 0.1) is 0 Å². The summed E-state index contributed by atoms with van der Waals surface area (Å²) in [6.07, 6.45) is 7.52. The summed E-state index contributed by atoms with van der Waals surface area (Å²) in [5.74, 6) is 0. The Bertz CT molecular complexity index is 379. The highest BCUT2D eigenvalue weighted by Crippen LogP contribution is 2.32. The first-order valence-electron chi connectivity index (χ1n) is 6.72. The van der Waals surface area contributed by atoms with E-state index in [1.165, 1.54) is 37.9 Å². The first kappa shape index (κ1) is 11.2. The van der Waals surface area contributed by atoms with Crippen LogP contribution in [0.4, 0.5) is 0 Å². The van der Waals surface area contributed by atoms with E-state index in [2.05, 4.69) is 21.4 Å². The second-order valence-corrected chi connectivity index (χ2v) is 5.61. The lowest BCUT2D eigenvalue weighted by molar-refractivity contribution is 0.127. The topological polar surface area (TPSA) is 33.1 Å². The Hall–Kier alpha value is -0.870. The first-order valence-corrected chi connectivity index (χ1v) is 6.72. The summed E-state index contributed by atoms with van der Waals surface area (Å²) in [5.41, 5.74) is 1.62. The maximum Gasteiger partial charge on any atom is 0.0764 e. The summed E-state index contributed by atoms with van der Waals surface area (Å²) < 4.78 is 1.89. The number of piperazine rings is 1. The molecule has 1 aliphatic heterocycles. The molecule has 0 unspecified atom stereocenters. The molecule has 2 aliphatic rings. The summed E-state index contributed by atoms with van der Waals surface area (Å²) in [5, 5.41) is 8.22. The lowest BCUT2D eigenvalue weighted by atomic mass is 9.94. The van der Waals surface area contributed by atoms with Crippen molar-refractivity contribution in [3.05, 3.63) is 18.0 Å². The van der Waals surface area contributed by atoms with Crippen LogP contribution in [-0.2, 0) is 13.6 Å². The summed E-state index contributed by atoms with van der Waals surface area (Å²) in [4.78, 5) is 2.56. The van der Waals surface area contributed by atoms with Gasteiger partial charge in [-0.2, -0.15) is 5.10 Å². The van der Waals surface area contributed by atoms with E-state index < -0.39 is 0 Å². The van der Waals surface area contributed by atoms with E-state index in [0.29, 0.717) is 5.54 Å². The fraction of sp³-hybridized carbons (Fsp3) is 0.769. The normalized spacial score (nSPS) is 24.5. The van der Waals surface area contributed by atoms with Gasteiger partial charge in [-0.1, -0.05) is 12.8 Å². The largest absolute Gasteiger partial charge is 0.309 e. The molecule has 0 amide bonds. The summed E-state index contributed by atoms with van der Waals surface area (Å²) in [6.45, 7) is 4.49. The van der Waals surface area contributed by atoms with Gasteiger partial charge in [0.15, 0.2) is 0 Å².